The molecule has 0 unspecified atom stereocenters. The maximum atomic E-state index is 11.9. The van der Waals surface area contributed by atoms with Crippen molar-refractivity contribution in [1.29, 1.82) is 0 Å². The van der Waals surface area contributed by atoms with Crippen LogP contribution in [0.4, 0.5) is 0 Å². The summed E-state index contributed by atoms with van der Waals surface area (Å²) in [5, 5.41) is 0. The quantitative estimate of drug-likeness (QED) is 0.0495. The fourth-order valence-corrected chi connectivity index (χ4v) is 6.79. The van der Waals surface area contributed by atoms with E-state index in [0.29, 0.717) is 13.0 Å². The molecule has 0 saturated heterocycles. The van der Waals surface area contributed by atoms with Gasteiger partial charge in [0.1, 0.15) is 0 Å². The molecule has 0 aromatic heterocycles. The molecule has 0 rings (SSSR count). The van der Waals surface area contributed by atoms with Crippen molar-refractivity contribution in [3.63, 3.8) is 0 Å². The number of carbonyl (C=O) groups excluding carboxylic acids is 1. The van der Waals surface area contributed by atoms with Crippen LogP contribution in [0.3, 0.4) is 0 Å². The summed E-state index contributed by atoms with van der Waals surface area (Å²) in [6.07, 6.45) is 53.6. The van der Waals surface area contributed by atoms with Gasteiger partial charge < -0.3 is 4.74 Å². The minimum Gasteiger partial charge on any atom is -0.466 e. The smallest absolute Gasteiger partial charge is 0.305 e. The first-order valence-corrected chi connectivity index (χ1v) is 21.5. The number of hydrogen-bond donors (Lipinski definition) is 0. The maximum Gasteiger partial charge on any atom is 0.305 e. The lowest BCUT2D eigenvalue weighted by molar-refractivity contribution is -0.143. The van der Waals surface area contributed by atoms with Crippen molar-refractivity contribution in [2.24, 2.45) is 0 Å². The fraction of sp³-hybridized carbons (Fsp3) is 0.977. The van der Waals surface area contributed by atoms with E-state index in [1.807, 2.05) is 0 Å². The van der Waals surface area contributed by atoms with Gasteiger partial charge in [0.15, 0.2) is 0 Å². The van der Waals surface area contributed by atoms with Gasteiger partial charge in [-0.2, -0.15) is 0 Å². The molecule has 0 fully saturated rings. The Morgan fingerprint density at radius 1 is 0.289 bits per heavy atom. The molecule has 2 nitrogen and oxygen atoms in total. The van der Waals surface area contributed by atoms with Crippen LogP contribution < -0.4 is 0 Å². The van der Waals surface area contributed by atoms with Crippen LogP contribution in [0.25, 0.3) is 0 Å². The van der Waals surface area contributed by atoms with E-state index < -0.39 is 0 Å². The summed E-state index contributed by atoms with van der Waals surface area (Å²) in [5.74, 6) is 0.0261. The number of rotatable bonds is 40. The van der Waals surface area contributed by atoms with Crippen LogP contribution in [-0.4, -0.2) is 12.6 Å². The monoisotopic (exact) mass is 635 g/mol. The zero-order valence-corrected chi connectivity index (χ0v) is 31.6. The molecule has 0 aliphatic carbocycles. The van der Waals surface area contributed by atoms with Crippen molar-refractivity contribution in [2.75, 3.05) is 6.61 Å². The molecule has 0 aliphatic heterocycles. The minimum absolute atomic E-state index is 0.0261. The largest absolute Gasteiger partial charge is 0.466 e. The van der Waals surface area contributed by atoms with Gasteiger partial charge in [0.05, 0.1) is 6.61 Å². The molecule has 2 heteroatoms. The van der Waals surface area contributed by atoms with Crippen molar-refractivity contribution in [1.82, 2.24) is 0 Å². The molecule has 0 radical (unpaired) electrons. The van der Waals surface area contributed by atoms with Crippen LogP contribution >= 0.6 is 0 Å². The summed E-state index contributed by atoms with van der Waals surface area (Å²) in [6, 6.07) is 0. The van der Waals surface area contributed by atoms with Crippen LogP contribution in [0, 0.1) is 0 Å². The van der Waals surface area contributed by atoms with Gasteiger partial charge in [-0.25, -0.2) is 0 Å². The zero-order valence-electron chi connectivity index (χ0n) is 31.6. The molecule has 0 amide bonds. The molecule has 0 aliphatic rings. The van der Waals surface area contributed by atoms with Gasteiger partial charge in [0.2, 0.25) is 0 Å². The molecule has 0 heterocycles. The van der Waals surface area contributed by atoms with Crippen LogP contribution in [0.2, 0.25) is 0 Å². The molecule has 0 atom stereocenters. The first-order valence-electron chi connectivity index (χ1n) is 21.5. The number of ether oxygens (including phenoxy) is 1. The Hall–Kier alpha value is -0.530. The molecular weight excluding hydrogens is 548 g/mol. The van der Waals surface area contributed by atoms with E-state index in [1.54, 1.807) is 0 Å². The van der Waals surface area contributed by atoms with Gasteiger partial charge >= 0.3 is 5.97 Å². The number of unbranched alkanes of at least 4 members (excludes halogenated alkanes) is 36. The van der Waals surface area contributed by atoms with Crippen molar-refractivity contribution in [2.45, 2.75) is 264 Å². The predicted octanol–water partition coefficient (Wildman–Crippen LogP) is 15.8. The van der Waals surface area contributed by atoms with Crippen molar-refractivity contribution in [3.8, 4) is 0 Å². The second-order valence-electron chi connectivity index (χ2n) is 14.7. The normalized spacial score (nSPS) is 11.4. The third kappa shape index (κ3) is 41.4. The molecule has 0 bridgehead atoms. The summed E-state index contributed by atoms with van der Waals surface area (Å²) in [5.41, 5.74) is 0. The molecule has 0 N–H and O–H groups in total. The molecule has 0 aromatic carbocycles. The Morgan fingerprint density at radius 3 is 0.733 bits per heavy atom. The van der Waals surface area contributed by atoms with Crippen molar-refractivity contribution >= 4 is 5.97 Å². The lowest BCUT2D eigenvalue weighted by Gasteiger charge is -2.06. The number of hydrogen-bond acceptors (Lipinski definition) is 2. The Balaban J connectivity index is 3.10. The lowest BCUT2D eigenvalue weighted by atomic mass is 10.0. The summed E-state index contributed by atoms with van der Waals surface area (Å²) < 4.78 is 5.44. The zero-order chi connectivity index (χ0) is 32.6. The second-order valence-corrected chi connectivity index (χ2v) is 14.7. The van der Waals surface area contributed by atoms with E-state index >= 15 is 0 Å². The molecule has 45 heavy (non-hydrogen) atoms. The summed E-state index contributed by atoms with van der Waals surface area (Å²) >= 11 is 0. The van der Waals surface area contributed by atoms with Crippen molar-refractivity contribution < 1.29 is 9.53 Å². The standard InChI is InChI=1S/C43H86O2/c1-3-5-7-9-11-13-14-15-16-17-18-19-20-21-22-23-24-25-26-27-28-29-30-31-32-34-36-38-40-42-45-43(44)41-39-37-35-33-12-10-8-6-4-2/h3-42H2,1-2H3. The van der Waals surface area contributed by atoms with E-state index in [4.69, 9.17) is 4.74 Å². The second kappa shape index (κ2) is 41.5. The van der Waals surface area contributed by atoms with Crippen LogP contribution in [0.5, 0.6) is 0 Å². The van der Waals surface area contributed by atoms with E-state index in [1.165, 1.54) is 231 Å². The SMILES string of the molecule is CCCCCCCCCCCCCCCCCCCCCCCCCCCCCCCOC(=O)CCCCCCCCCCC. The molecular formula is C43H86O2. The third-order valence-corrected chi connectivity index (χ3v) is 10.00. The number of esters is 1. The Morgan fingerprint density at radius 2 is 0.489 bits per heavy atom. The van der Waals surface area contributed by atoms with Gasteiger partial charge in [0, 0.05) is 6.42 Å². The topological polar surface area (TPSA) is 26.3 Å². The molecule has 270 valence electrons. The summed E-state index contributed by atoms with van der Waals surface area (Å²) in [4.78, 5) is 11.9. The first kappa shape index (κ1) is 44.5. The average molecular weight is 635 g/mol. The van der Waals surface area contributed by atoms with Crippen LogP contribution in [0.1, 0.15) is 264 Å². The molecule has 0 saturated carbocycles. The van der Waals surface area contributed by atoms with E-state index in [2.05, 4.69) is 13.8 Å². The highest BCUT2D eigenvalue weighted by atomic mass is 16.5. The lowest BCUT2D eigenvalue weighted by Crippen LogP contribution is -2.05. The van der Waals surface area contributed by atoms with Gasteiger partial charge in [-0.1, -0.05) is 245 Å². The Bertz CT molecular complexity index is 530. The summed E-state index contributed by atoms with van der Waals surface area (Å²) in [6.45, 7) is 5.21. The predicted molar refractivity (Wildman–Crippen MR) is 202 cm³/mol. The fourth-order valence-electron chi connectivity index (χ4n) is 6.79. The van der Waals surface area contributed by atoms with Gasteiger partial charge in [0.25, 0.3) is 0 Å². The van der Waals surface area contributed by atoms with Crippen LogP contribution in [-0.2, 0) is 9.53 Å². The molecule has 0 aromatic rings. The van der Waals surface area contributed by atoms with Crippen LogP contribution in [0.15, 0.2) is 0 Å². The molecule has 0 spiro atoms. The first-order chi connectivity index (χ1) is 22.3. The van der Waals surface area contributed by atoms with E-state index in [0.717, 1.165) is 12.8 Å². The van der Waals surface area contributed by atoms with E-state index in [9.17, 15) is 4.79 Å². The maximum absolute atomic E-state index is 11.9. The Labute approximate surface area is 285 Å². The highest BCUT2D eigenvalue weighted by Crippen LogP contribution is 2.17. The van der Waals surface area contributed by atoms with Gasteiger partial charge in [-0.15, -0.1) is 0 Å². The van der Waals surface area contributed by atoms with Crippen molar-refractivity contribution in [3.05, 3.63) is 0 Å². The van der Waals surface area contributed by atoms with Gasteiger partial charge in [-0.05, 0) is 12.8 Å². The Kier molecular flexibility index (Phi) is 41.0. The minimum atomic E-state index is 0.0261. The highest BCUT2D eigenvalue weighted by molar-refractivity contribution is 5.69. The van der Waals surface area contributed by atoms with E-state index in [-0.39, 0.29) is 5.97 Å². The average Bonchev–Trinajstić information content (AvgIpc) is 3.05. The number of carbonyl (C=O) groups is 1. The highest BCUT2D eigenvalue weighted by Gasteiger charge is 2.03. The van der Waals surface area contributed by atoms with Gasteiger partial charge in [-0.3, -0.25) is 4.79 Å². The summed E-state index contributed by atoms with van der Waals surface area (Å²) in [7, 11) is 0. The third-order valence-electron chi connectivity index (χ3n) is 10.00.